The first-order valence-electron chi connectivity index (χ1n) is 5.25. The molecule has 0 saturated carbocycles. The number of nitrogen functional groups attached to an aromatic ring is 1. The zero-order chi connectivity index (χ0) is 13.0. The minimum absolute atomic E-state index is 0.172. The zero-order valence-corrected chi connectivity index (χ0v) is 10.2. The second kappa shape index (κ2) is 5.46. The summed E-state index contributed by atoms with van der Waals surface area (Å²) in [6.45, 7) is 0. The summed E-state index contributed by atoms with van der Waals surface area (Å²) >= 11 is 5.69. The van der Waals surface area contributed by atoms with Gasteiger partial charge in [0.05, 0.1) is 6.42 Å². The standard InChI is InChI=1S/C12H11ClN4O/c13-10-6-11(16-7-15-10)17-12(18)5-8-1-3-9(14)4-2-8/h1-4,6-7H,5,14H2,(H,15,16,17,18). The van der Waals surface area contributed by atoms with Crippen molar-refractivity contribution in [3.05, 3.63) is 47.4 Å². The Bertz CT molecular complexity index is 556. The van der Waals surface area contributed by atoms with E-state index in [0.29, 0.717) is 11.5 Å². The number of anilines is 2. The minimum Gasteiger partial charge on any atom is -0.399 e. The van der Waals surface area contributed by atoms with Crippen molar-refractivity contribution in [3.8, 4) is 0 Å². The van der Waals surface area contributed by atoms with Gasteiger partial charge in [-0.2, -0.15) is 0 Å². The summed E-state index contributed by atoms with van der Waals surface area (Å²) in [6.07, 6.45) is 1.54. The number of benzene rings is 1. The highest BCUT2D eigenvalue weighted by molar-refractivity contribution is 6.29. The highest BCUT2D eigenvalue weighted by Gasteiger charge is 2.05. The van der Waals surface area contributed by atoms with Gasteiger partial charge in [0.2, 0.25) is 5.91 Å². The average molecular weight is 263 g/mol. The summed E-state index contributed by atoms with van der Waals surface area (Å²) in [5.74, 6) is 0.213. The molecule has 1 aromatic carbocycles. The molecule has 18 heavy (non-hydrogen) atoms. The molecule has 0 saturated heterocycles. The SMILES string of the molecule is Nc1ccc(CC(=O)Nc2cc(Cl)ncn2)cc1. The quantitative estimate of drug-likeness (QED) is 0.654. The van der Waals surface area contributed by atoms with Crippen LogP contribution in [0.3, 0.4) is 0 Å². The third kappa shape index (κ3) is 3.43. The lowest BCUT2D eigenvalue weighted by Gasteiger charge is -2.04. The zero-order valence-electron chi connectivity index (χ0n) is 9.43. The van der Waals surface area contributed by atoms with E-state index in [2.05, 4.69) is 15.3 Å². The van der Waals surface area contributed by atoms with E-state index in [9.17, 15) is 4.79 Å². The van der Waals surface area contributed by atoms with E-state index < -0.39 is 0 Å². The molecule has 3 N–H and O–H groups in total. The predicted octanol–water partition coefficient (Wildman–Crippen LogP) is 1.89. The Morgan fingerprint density at radius 2 is 2.00 bits per heavy atom. The fourth-order valence-corrected chi connectivity index (χ4v) is 1.56. The molecule has 6 heteroatoms. The maximum Gasteiger partial charge on any atom is 0.229 e. The first kappa shape index (κ1) is 12.3. The second-order valence-electron chi connectivity index (χ2n) is 3.69. The topological polar surface area (TPSA) is 80.9 Å². The van der Waals surface area contributed by atoms with Gasteiger partial charge in [-0.05, 0) is 17.7 Å². The highest BCUT2D eigenvalue weighted by Crippen LogP contribution is 2.10. The van der Waals surface area contributed by atoms with Crippen LogP contribution in [0.2, 0.25) is 5.15 Å². The van der Waals surface area contributed by atoms with Crippen molar-refractivity contribution >= 4 is 29.0 Å². The monoisotopic (exact) mass is 262 g/mol. The van der Waals surface area contributed by atoms with Crippen molar-refractivity contribution in [1.82, 2.24) is 9.97 Å². The van der Waals surface area contributed by atoms with Gasteiger partial charge in [-0.15, -0.1) is 0 Å². The van der Waals surface area contributed by atoms with Crippen molar-refractivity contribution in [2.75, 3.05) is 11.1 Å². The Labute approximate surface area is 109 Å². The average Bonchev–Trinajstić information content (AvgIpc) is 2.32. The van der Waals surface area contributed by atoms with Crippen molar-refractivity contribution < 1.29 is 4.79 Å². The van der Waals surface area contributed by atoms with Crippen LogP contribution >= 0.6 is 11.6 Å². The number of nitrogens with zero attached hydrogens (tertiary/aromatic N) is 2. The van der Waals surface area contributed by atoms with Crippen LogP contribution in [-0.2, 0) is 11.2 Å². The maximum atomic E-state index is 11.7. The van der Waals surface area contributed by atoms with Crippen molar-refractivity contribution in [2.24, 2.45) is 0 Å². The van der Waals surface area contributed by atoms with Crippen LogP contribution in [0.5, 0.6) is 0 Å². The summed E-state index contributed by atoms with van der Waals surface area (Å²) in [5.41, 5.74) is 7.11. The van der Waals surface area contributed by atoms with E-state index in [-0.39, 0.29) is 17.5 Å². The number of aromatic nitrogens is 2. The van der Waals surface area contributed by atoms with E-state index >= 15 is 0 Å². The van der Waals surface area contributed by atoms with Gasteiger partial charge >= 0.3 is 0 Å². The Hall–Kier alpha value is -2.14. The smallest absolute Gasteiger partial charge is 0.229 e. The largest absolute Gasteiger partial charge is 0.399 e. The van der Waals surface area contributed by atoms with Crippen molar-refractivity contribution in [3.63, 3.8) is 0 Å². The van der Waals surface area contributed by atoms with Gasteiger partial charge in [0.25, 0.3) is 0 Å². The number of rotatable bonds is 3. The highest BCUT2D eigenvalue weighted by atomic mass is 35.5. The third-order valence-electron chi connectivity index (χ3n) is 2.25. The number of nitrogens with one attached hydrogen (secondary N) is 1. The van der Waals surface area contributed by atoms with Crippen molar-refractivity contribution in [1.29, 1.82) is 0 Å². The van der Waals surface area contributed by atoms with Crippen LogP contribution in [0.25, 0.3) is 0 Å². The van der Waals surface area contributed by atoms with Gasteiger partial charge in [0.15, 0.2) is 0 Å². The summed E-state index contributed by atoms with van der Waals surface area (Å²) in [7, 11) is 0. The molecule has 0 fully saturated rings. The van der Waals surface area contributed by atoms with Gasteiger partial charge in [0, 0.05) is 11.8 Å². The summed E-state index contributed by atoms with van der Waals surface area (Å²) in [5, 5.41) is 2.93. The van der Waals surface area contributed by atoms with Gasteiger partial charge in [-0.25, -0.2) is 9.97 Å². The third-order valence-corrected chi connectivity index (χ3v) is 2.45. The molecule has 0 spiro atoms. The Morgan fingerprint density at radius 1 is 1.28 bits per heavy atom. The molecule has 2 aromatic rings. The summed E-state index contributed by atoms with van der Waals surface area (Å²) in [4.78, 5) is 19.3. The number of carbonyl (C=O) groups is 1. The number of amides is 1. The van der Waals surface area contributed by atoms with Crippen LogP contribution in [0.4, 0.5) is 11.5 Å². The van der Waals surface area contributed by atoms with Gasteiger partial charge < -0.3 is 11.1 Å². The first-order chi connectivity index (χ1) is 8.63. The second-order valence-corrected chi connectivity index (χ2v) is 4.08. The molecule has 5 nitrogen and oxygen atoms in total. The molecule has 1 aromatic heterocycles. The molecule has 92 valence electrons. The van der Waals surface area contributed by atoms with Gasteiger partial charge in [0.1, 0.15) is 17.3 Å². The Kier molecular flexibility index (Phi) is 3.74. The normalized spacial score (nSPS) is 10.1. The molecule has 2 rings (SSSR count). The summed E-state index contributed by atoms with van der Waals surface area (Å²) in [6, 6.07) is 8.61. The predicted molar refractivity (Wildman–Crippen MR) is 70.2 cm³/mol. The van der Waals surface area contributed by atoms with E-state index in [4.69, 9.17) is 17.3 Å². The van der Waals surface area contributed by atoms with Crippen LogP contribution in [0.15, 0.2) is 36.7 Å². The fourth-order valence-electron chi connectivity index (χ4n) is 1.41. The van der Waals surface area contributed by atoms with E-state index in [1.165, 1.54) is 12.4 Å². The number of hydrogen-bond acceptors (Lipinski definition) is 4. The molecule has 0 atom stereocenters. The lowest BCUT2D eigenvalue weighted by atomic mass is 10.1. The number of nitrogens with two attached hydrogens (primary N) is 1. The van der Waals surface area contributed by atoms with Crippen LogP contribution in [0, 0.1) is 0 Å². The van der Waals surface area contributed by atoms with Crippen molar-refractivity contribution in [2.45, 2.75) is 6.42 Å². The molecule has 1 heterocycles. The minimum atomic E-state index is -0.172. The first-order valence-corrected chi connectivity index (χ1v) is 5.63. The molecule has 0 aliphatic rings. The molecular formula is C12H11ClN4O. The Balaban J connectivity index is 1.98. The lowest BCUT2D eigenvalue weighted by Crippen LogP contribution is -2.15. The molecule has 0 radical (unpaired) electrons. The molecule has 0 aliphatic heterocycles. The van der Waals surface area contributed by atoms with Crippen LogP contribution in [0.1, 0.15) is 5.56 Å². The van der Waals surface area contributed by atoms with E-state index in [1.807, 2.05) is 12.1 Å². The van der Waals surface area contributed by atoms with Crippen LogP contribution < -0.4 is 11.1 Å². The summed E-state index contributed by atoms with van der Waals surface area (Å²) < 4.78 is 0. The number of hydrogen-bond donors (Lipinski definition) is 2. The molecule has 1 amide bonds. The van der Waals surface area contributed by atoms with Gasteiger partial charge in [-0.3, -0.25) is 4.79 Å². The molecule has 0 unspecified atom stereocenters. The van der Waals surface area contributed by atoms with Crippen LogP contribution in [-0.4, -0.2) is 15.9 Å². The maximum absolute atomic E-state index is 11.7. The van der Waals surface area contributed by atoms with E-state index in [1.54, 1.807) is 12.1 Å². The molecular weight excluding hydrogens is 252 g/mol. The number of carbonyl (C=O) groups excluding carboxylic acids is 1. The fraction of sp³-hybridized carbons (Fsp3) is 0.0833. The van der Waals surface area contributed by atoms with Gasteiger partial charge in [-0.1, -0.05) is 23.7 Å². The van der Waals surface area contributed by atoms with E-state index in [0.717, 1.165) is 5.56 Å². The Morgan fingerprint density at radius 3 is 2.67 bits per heavy atom. The molecule has 0 aliphatic carbocycles. The lowest BCUT2D eigenvalue weighted by molar-refractivity contribution is -0.115. The molecule has 0 bridgehead atoms. The number of halogens is 1.